The van der Waals surface area contributed by atoms with Crippen molar-refractivity contribution in [2.24, 2.45) is 0 Å². The molecule has 0 aliphatic heterocycles. The second-order valence-electron chi connectivity index (χ2n) is 4.46. The van der Waals surface area contributed by atoms with Gasteiger partial charge in [-0.05, 0) is 31.2 Å². The van der Waals surface area contributed by atoms with Crippen molar-refractivity contribution in [3.8, 4) is 5.75 Å². The summed E-state index contributed by atoms with van der Waals surface area (Å²) >= 11 is 0. The van der Waals surface area contributed by atoms with Gasteiger partial charge in [-0.1, -0.05) is 17.7 Å². The van der Waals surface area contributed by atoms with Gasteiger partial charge in [0.25, 0.3) is 5.91 Å². The molecule has 1 amide bonds. The molecule has 0 fully saturated rings. The summed E-state index contributed by atoms with van der Waals surface area (Å²) in [5.41, 5.74) is 1.68. The molecule has 21 heavy (non-hydrogen) atoms. The first-order valence-electron chi connectivity index (χ1n) is 6.21. The van der Waals surface area contributed by atoms with Crippen LogP contribution >= 0.6 is 0 Å². The molecule has 0 aromatic heterocycles. The van der Waals surface area contributed by atoms with Crippen molar-refractivity contribution < 1.29 is 14.5 Å². The zero-order valence-corrected chi connectivity index (χ0v) is 11.6. The van der Waals surface area contributed by atoms with Crippen LogP contribution in [0.2, 0.25) is 0 Å². The first kappa shape index (κ1) is 14.5. The maximum Gasteiger partial charge on any atom is 0.312 e. The Morgan fingerprint density at radius 1 is 1.19 bits per heavy atom. The molecule has 2 rings (SSSR count). The van der Waals surface area contributed by atoms with Crippen molar-refractivity contribution >= 4 is 17.3 Å². The minimum absolute atomic E-state index is 0.147. The largest absolute Gasteiger partial charge is 0.490 e. The lowest BCUT2D eigenvalue weighted by Gasteiger charge is -2.07. The number of carbonyl (C=O) groups is 1. The van der Waals surface area contributed by atoms with Gasteiger partial charge in [-0.3, -0.25) is 14.9 Å². The van der Waals surface area contributed by atoms with E-state index in [-0.39, 0.29) is 17.3 Å². The van der Waals surface area contributed by atoms with Crippen LogP contribution in [0.4, 0.5) is 11.4 Å². The highest BCUT2D eigenvalue weighted by Crippen LogP contribution is 2.29. The number of ether oxygens (including phenoxy) is 1. The molecule has 6 heteroatoms. The van der Waals surface area contributed by atoms with Gasteiger partial charge in [0, 0.05) is 17.3 Å². The molecule has 0 heterocycles. The van der Waals surface area contributed by atoms with E-state index in [1.807, 2.05) is 19.1 Å². The number of hydrogen-bond acceptors (Lipinski definition) is 4. The van der Waals surface area contributed by atoms with E-state index in [0.29, 0.717) is 11.3 Å². The Morgan fingerprint density at radius 3 is 2.43 bits per heavy atom. The molecule has 2 aromatic rings. The third-order valence-electron chi connectivity index (χ3n) is 2.95. The smallest absolute Gasteiger partial charge is 0.312 e. The molecule has 108 valence electrons. The molecule has 0 spiro atoms. The minimum Gasteiger partial charge on any atom is -0.490 e. The normalized spacial score (nSPS) is 10.0. The Labute approximate surface area is 121 Å². The predicted molar refractivity (Wildman–Crippen MR) is 78.8 cm³/mol. The number of hydrogen-bond donors (Lipinski definition) is 1. The summed E-state index contributed by atoms with van der Waals surface area (Å²) in [6.07, 6.45) is 0. The number of methoxy groups -OCH3 is 1. The van der Waals surface area contributed by atoms with E-state index in [1.54, 1.807) is 18.2 Å². The number of nitrogens with one attached hydrogen (secondary N) is 1. The van der Waals surface area contributed by atoms with E-state index in [2.05, 4.69) is 5.32 Å². The summed E-state index contributed by atoms with van der Waals surface area (Å²) in [6.45, 7) is 1.93. The average Bonchev–Trinajstić information content (AvgIpc) is 2.47. The van der Waals surface area contributed by atoms with E-state index >= 15 is 0 Å². The zero-order valence-electron chi connectivity index (χ0n) is 11.6. The molecule has 0 saturated heterocycles. The van der Waals surface area contributed by atoms with E-state index in [4.69, 9.17) is 4.74 Å². The number of nitrogens with zero attached hydrogens (tertiary/aromatic N) is 1. The predicted octanol–water partition coefficient (Wildman–Crippen LogP) is 3.16. The Bertz CT molecular complexity index is 681. The second kappa shape index (κ2) is 6.04. The molecule has 0 unspecified atom stereocenters. The summed E-state index contributed by atoms with van der Waals surface area (Å²) in [4.78, 5) is 22.4. The lowest BCUT2D eigenvalue weighted by molar-refractivity contribution is -0.385. The summed E-state index contributed by atoms with van der Waals surface area (Å²) in [5, 5.41) is 13.6. The summed E-state index contributed by atoms with van der Waals surface area (Å²) in [5.74, 6) is -0.178. The number of amides is 1. The molecule has 0 saturated carbocycles. The maximum absolute atomic E-state index is 12.0. The van der Waals surface area contributed by atoms with E-state index in [1.165, 1.54) is 19.2 Å². The van der Waals surface area contributed by atoms with Crippen LogP contribution < -0.4 is 10.1 Å². The molecule has 0 aliphatic carbocycles. The van der Waals surface area contributed by atoms with Gasteiger partial charge in [-0.2, -0.15) is 0 Å². The van der Waals surface area contributed by atoms with Crippen molar-refractivity contribution in [3.63, 3.8) is 0 Å². The first-order chi connectivity index (χ1) is 10.0. The lowest BCUT2D eigenvalue weighted by Crippen LogP contribution is -2.12. The Morgan fingerprint density at radius 2 is 1.86 bits per heavy atom. The van der Waals surface area contributed by atoms with Crippen LogP contribution in [0.25, 0.3) is 0 Å². The van der Waals surface area contributed by atoms with Gasteiger partial charge in [0.15, 0.2) is 5.75 Å². The molecular formula is C15H14N2O4. The van der Waals surface area contributed by atoms with Crippen LogP contribution in [0, 0.1) is 17.0 Å². The van der Waals surface area contributed by atoms with E-state index in [0.717, 1.165) is 5.56 Å². The Balaban J connectivity index is 2.23. The molecule has 0 radical (unpaired) electrons. The van der Waals surface area contributed by atoms with Crippen LogP contribution in [0.15, 0.2) is 42.5 Å². The molecule has 1 N–H and O–H groups in total. The van der Waals surface area contributed by atoms with Gasteiger partial charge in [0.1, 0.15) is 0 Å². The zero-order chi connectivity index (χ0) is 15.4. The number of aryl methyl sites for hydroxylation is 1. The van der Waals surface area contributed by atoms with Gasteiger partial charge in [-0.15, -0.1) is 0 Å². The van der Waals surface area contributed by atoms with Gasteiger partial charge in [-0.25, -0.2) is 0 Å². The molecule has 6 nitrogen and oxygen atoms in total. The highest BCUT2D eigenvalue weighted by atomic mass is 16.6. The number of rotatable bonds is 4. The average molecular weight is 286 g/mol. The van der Waals surface area contributed by atoms with Crippen LogP contribution in [0.3, 0.4) is 0 Å². The fraction of sp³-hybridized carbons (Fsp3) is 0.133. The minimum atomic E-state index is -0.555. The van der Waals surface area contributed by atoms with Crippen molar-refractivity contribution in [1.29, 1.82) is 0 Å². The van der Waals surface area contributed by atoms with E-state index in [9.17, 15) is 14.9 Å². The SMILES string of the molecule is COc1ccc(NC(=O)c2ccc(C)cc2)cc1[N+](=O)[O-]. The van der Waals surface area contributed by atoms with Crippen molar-refractivity contribution in [2.45, 2.75) is 6.92 Å². The molecular weight excluding hydrogens is 272 g/mol. The summed E-state index contributed by atoms with van der Waals surface area (Å²) < 4.78 is 4.91. The summed E-state index contributed by atoms with van der Waals surface area (Å²) in [7, 11) is 1.35. The van der Waals surface area contributed by atoms with Crippen LogP contribution in [-0.2, 0) is 0 Å². The maximum atomic E-state index is 12.0. The number of carbonyl (C=O) groups excluding carboxylic acids is 1. The molecule has 2 aromatic carbocycles. The topological polar surface area (TPSA) is 81.5 Å². The van der Waals surface area contributed by atoms with Crippen LogP contribution in [-0.4, -0.2) is 17.9 Å². The summed E-state index contributed by atoms with van der Waals surface area (Å²) in [6, 6.07) is 11.3. The van der Waals surface area contributed by atoms with Crippen molar-refractivity contribution in [3.05, 3.63) is 63.7 Å². The quantitative estimate of drug-likeness (QED) is 0.691. The Hall–Kier alpha value is -2.89. The fourth-order valence-corrected chi connectivity index (χ4v) is 1.82. The molecule has 0 bridgehead atoms. The van der Waals surface area contributed by atoms with Gasteiger partial charge < -0.3 is 10.1 Å². The van der Waals surface area contributed by atoms with E-state index < -0.39 is 4.92 Å². The third-order valence-corrected chi connectivity index (χ3v) is 2.95. The lowest BCUT2D eigenvalue weighted by atomic mass is 10.1. The van der Waals surface area contributed by atoms with Gasteiger partial charge in [0.05, 0.1) is 12.0 Å². The highest BCUT2D eigenvalue weighted by Gasteiger charge is 2.16. The molecule has 0 atom stereocenters. The van der Waals surface area contributed by atoms with Crippen molar-refractivity contribution in [1.82, 2.24) is 0 Å². The van der Waals surface area contributed by atoms with Crippen LogP contribution in [0.1, 0.15) is 15.9 Å². The van der Waals surface area contributed by atoms with Gasteiger partial charge >= 0.3 is 5.69 Å². The number of nitro benzene ring substituents is 1. The second-order valence-corrected chi connectivity index (χ2v) is 4.46. The number of benzene rings is 2. The number of anilines is 1. The molecule has 0 aliphatic rings. The van der Waals surface area contributed by atoms with Crippen LogP contribution in [0.5, 0.6) is 5.75 Å². The fourth-order valence-electron chi connectivity index (χ4n) is 1.82. The van der Waals surface area contributed by atoms with Gasteiger partial charge in [0.2, 0.25) is 0 Å². The highest BCUT2D eigenvalue weighted by molar-refractivity contribution is 6.04. The van der Waals surface area contributed by atoms with Crippen molar-refractivity contribution in [2.75, 3.05) is 12.4 Å². The number of nitro groups is 1. The monoisotopic (exact) mass is 286 g/mol. The Kier molecular flexibility index (Phi) is 4.18. The first-order valence-corrected chi connectivity index (χ1v) is 6.21. The standard InChI is InChI=1S/C15H14N2O4/c1-10-3-5-11(6-4-10)15(18)16-12-7-8-14(21-2)13(9-12)17(19)20/h3-9H,1-2H3,(H,16,18). The third kappa shape index (κ3) is 3.36.